The van der Waals surface area contributed by atoms with Crippen LogP contribution in [0.4, 0.5) is 4.39 Å². The highest BCUT2D eigenvalue weighted by molar-refractivity contribution is 9.10. The lowest BCUT2D eigenvalue weighted by Crippen LogP contribution is -2.00. The molecule has 1 unspecified atom stereocenters. The summed E-state index contributed by atoms with van der Waals surface area (Å²) < 4.78 is 25.1. The molecule has 0 spiro atoms. The number of aryl methyl sites for hydroxylation is 1. The predicted octanol–water partition coefficient (Wildman–Crippen LogP) is 5.24. The van der Waals surface area contributed by atoms with Crippen LogP contribution in [0.25, 0.3) is 0 Å². The Bertz CT molecular complexity index is 661. The summed E-state index contributed by atoms with van der Waals surface area (Å²) in [5.74, 6) is 0.980. The molecule has 0 saturated heterocycles. The predicted molar refractivity (Wildman–Crippen MR) is 86.1 cm³/mol. The molecular formula is C16H15BrClFO2. The van der Waals surface area contributed by atoms with Crippen molar-refractivity contribution in [2.24, 2.45) is 0 Å². The van der Waals surface area contributed by atoms with Crippen molar-refractivity contribution in [2.45, 2.75) is 12.3 Å². The van der Waals surface area contributed by atoms with Crippen LogP contribution in [-0.2, 0) is 0 Å². The summed E-state index contributed by atoms with van der Waals surface area (Å²) in [6.45, 7) is 1.71. The third kappa shape index (κ3) is 3.33. The summed E-state index contributed by atoms with van der Waals surface area (Å²) in [5, 5.41) is -0.531. The fraction of sp³-hybridized carbons (Fsp3) is 0.250. The molecule has 0 radical (unpaired) electrons. The lowest BCUT2D eigenvalue weighted by atomic mass is 10.0. The SMILES string of the molecule is COc1cc(C(Cl)c2ccc(C)c(F)c2)c(OC)cc1Br. The number of hydrogen-bond donors (Lipinski definition) is 0. The van der Waals surface area contributed by atoms with Crippen LogP contribution < -0.4 is 9.47 Å². The van der Waals surface area contributed by atoms with Gasteiger partial charge in [0.2, 0.25) is 0 Å². The van der Waals surface area contributed by atoms with Crippen LogP contribution >= 0.6 is 27.5 Å². The second-order valence-corrected chi connectivity index (χ2v) is 5.89. The highest BCUT2D eigenvalue weighted by Crippen LogP contribution is 2.41. The Morgan fingerprint density at radius 2 is 1.76 bits per heavy atom. The molecule has 2 nitrogen and oxygen atoms in total. The van der Waals surface area contributed by atoms with Crippen molar-refractivity contribution in [1.29, 1.82) is 0 Å². The number of hydrogen-bond acceptors (Lipinski definition) is 2. The van der Waals surface area contributed by atoms with Gasteiger partial charge in [-0.3, -0.25) is 0 Å². The molecule has 0 fully saturated rings. The minimum Gasteiger partial charge on any atom is -0.496 e. The zero-order chi connectivity index (χ0) is 15.6. The maximum absolute atomic E-state index is 13.7. The van der Waals surface area contributed by atoms with E-state index in [-0.39, 0.29) is 5.82 Å². The third-order valence-electron chi connectivity index (χ3n) is 3.27. The number of alkyl halides is 1. The minimum absolute atomic E-state index is 0.277. The first kappa shape index (κ1) is 16.1. The van der Waals surface area contributed by atoms with Crippen molar-refractivity contribution in [3.63, 3.8) is 0 Å². The quantitative estimate of drug-likeness (QED) is 0.682. The molecule has 0 amide bonds. The van der Waals surface area contributed by atoms with E-state index in [4.69, 9.17) is 21.1 Å². The molecule has 0 bridgehead atoms. The van der Waals surface area contributed by atoms with Gasteiger partial charge in [-0.2, -0.15) is 0 Å². The van der Waals surface area contributed by atoms with E-state index in [0.717, 1.165) is 10.0 Å². The van der Waals surface area contributed by atoms with E-state index in [1.165, 1.54) is 6.07 Å². The maximum atomic E-state index is 13.7. The van der Waals surface area contributed by atoms with Crippen LogP contribution in [0.5, 0.6) is 11.5 Å². The second kappa shape index (κ2) is 6.67. The molecule has 0 aliphatic carbocycles. The Morgan fingerprint density at radius 3 is 2.33 bits per heavy atom. The van der Waals surface area contributed by atoms with Gasteiger partial charge >= 0.3 is 0 Å². The topological polar surface area (TPSA) is 18.5 Å². The highest BCUT2D eigenvalue weighted by Gasteiger charge is 2.19. The van der Waals surface area contributed by atoms with E-state index in [0.29, 0.717) is 22.6 Å². The Balaban J connectivity index is 2.50. The van der Waals surface area contributed by atoms with Gasteiger partial charge in [0.05, 0.1) is 24.1 Å². The minimum atomic E-state index is -0.531. The Morgan fingerprint density at radius 1 is 1.10 bits per heavy atom. The van der Waals surface area contributed by atoms with Crippen LogP contribution in [0.2, 0.25) is 0 Å². The van der Waals surface area contributed by atoms with Crippen molar-refractivity contribution in [3.8, 4) is 11.5 Å². The van der Waals surface area contributed by atoms with Gasteiger partial charge in [0.15, 0.2) is 0 Å². The van der Waals surface area contributed by atoms with Gasteiger partial charge in [-0.25, -0.2) is 4.39 Å². The van der Waals surface area contributed by atoms with Gasteiger partial charge < -0.3 is 9.47 Å². The van der Waals surface area contributed by atoms with E-state index in [9.17, 15) is 4.39 Å². The average molecular weight is 374 g/mol. The molecular weight excluding hydrogens is 359 g/mol. The summed E-state index contributed by atoms with van der Waals surface area (Å²) in [5.41, 5.74) is 1.98. The molecule has 0 heterocycles. The van der Waals surface area contributed by atoms with E-state index >= 15 is 0 Å². The summed E-state index contributed by atoms with van der Waals surface area (Å²) >= 11 is 9.90. The van der Waals surface area contributed by atoms with Crippen LogP contribution in [0, 0.1) is 12.7 Å². The molecule has 0 aliphatic heterocycles. The van der Waals surface area contributed by atoms with Crippen molar-refractivity contribution < 1.29 is 13.9 Å². The number of rotatable bonds is 4. The molecule has 1 atom stereocenters. The standard InChI is InChI=1S/C16H15BrClFO2/c1-9-4-5-10(6-13(9)19)16(18)11-7-15(21-3)12(17)8-14(11)20-2/h4-8,16H,1-3H3. The number of methoxy groups -OCH3 is 2. The molecule has 2 aromatic rings. The van der Waals surface area contributed by atoms with Gasteiger partial charge in [-0.15, -0.1) is 11.6 Å². The van der Waals surface area contributed by atoms with Gasteiger partial charge in [0.1, 0.15) is 17.3 Å². The fourth-order valence-corrected chi connectivity index (χ4v) is 2.82. The van der Waals surface area contributed by atoms with Gasteiger partial charge in [-0.05, 0) is 52.2 Å². The summed E-state index contributed by atoms with van der Waals surface area (Å²) in [6.07, 6.45) is 0. The van der Waals surface area contributed by atoms with Crippen molar-refractivity contribution in [3.05, 3.63) is 57.3 Å². The van der Waals surface area contributed by atoms with Gasteiger partial charge in [-0.1, -0.05) is 12.1 Å². The number of halogens is 3. The van der Waals surface area contributed by atoms with Crippen LogP contribution in [-0.4, -0.2) is 14.2 Å². The first-order valence-electron chi connectivity index (χ1n) is 6.29. The first-order valence-corrected chi connectivity index (χ1v) is 7.52. The van der Waals surface area contributed by atoms with E-state index in [2.05, 4.69) is 15.9 Å². The molecule has 2 aromatic carbocycles. The van der Waals surface area contributed by atoms with Crippen LogP contribution in [0.15, 0.2) is 34.8 Å². The fourth-order valence-electron chi connectivity index (χ4n) is 2.03. The smallest absolute Gasteiger partial charge is 0.133 e. The summed E-state index contributed by atoms with van der Waals surface area (Å²) in [6, 6.07) is 8.54. The largest absolute Gasteiger partial charge is 0.496 e. The summed E-state index contributed by atoms with van der Waals surface area (Å²) in [4.78, 5) is 0. The molecule has 0 aliphatic rings. The van der Waals surface area contributed by atoms with E-state index in [1.54, 1.807) is 39.3 Å². The zero-order valence-electron chi connectivity index (χ0n) is 11.9. The normalized spacial score (nSPS) is 12.1. The van der Waals surface area contributed by atoms with Crippen molar-refractivity contribution in [2.75, 3.05) is 14.2 Å². The average Bonchev–Trinajstić information content (AvgIpc) is 2.49. The Kier molecular flexibility index (Phi) is 5.12. The molecule has 112 valence electrons. The molecule has 5 heteroatoms. The molecule has 0 saturated carbocycles. The lowest BCUT2D eigenvalue weighted by Gasteiger charge is -2.17. The van der Waals surface area contributed by atoms with Gasteiger partial charge in [0, 0.05) is 5.56 Å². The lowest BCUT2D eigenvalue weighted by molar-refractivity contribution is 0.397. The highest BCUT2D eigenvalue weighted by atomic mass is 79.9. The number of ether oxygens (including phenoxy) is 2. The van der Waals surface area contributed by atoms with Gasteiger partial charge in [0.25, 0.3) is 0 Å². The first-order chi connectivity index (χ1) is 9.97. The Labute approximate surface area is 137 Å². The van der Waals surface area contributed by atoms with Crippen LogP contribution in [0.3, 0.4) is 0 Å². The number of benzene rings is 2. The monoisotopic (exact) mass is 372 g/mol. The summed E-state index contributed by atoms with van der Waals surface area (Å²) in [7, 11) is 3.14. The molecule has 21 heavy (non-hydrogen) atoms. The maximum Gasteiger partial charge on any atom is 0.133 e. The van der Waals surface area contributed by atoms with Crippen LogP contribution in [0.1, 0.15) is 22.1 Å². The van der Waals surface area contributed by atoms with E-state index in [1.807, 2.05) is 6.07 Å². The molecule has 0 N–H and O–H groups in total. The molecule has 2 rings (SSSR count). The Hall–Kier alpha value is -1.26. The molecule has 0 aromatic heterocycles. The van der Waals surface area contributed by atoms with Crippen molar-refractivity contribution >= 4 is 27.5 Å². The third-order valence-corrected chi connectivity index (χ3v) is 4.37. The zero-order valence-corrected chi connectivity index (χ0v) is 14.3. The second-order valence-electron chi connectivity index (χ2n) is 4.60. The van der Waals surface area contributed by atoms with Crippen molar-refractivity contribution in [1.82, 2.24) is 0 Å². The van der Waals surface area contributed by atoms with E-state index < -0.39 is 5.38 Å².